The van der Waals surface area contributed by atoms with E-state index in [4.69, 9.17) is 5.41 Å². The van der Waals surface area contributed by atoms with Crippen LogP contribution in [-0.2, 0) is 0 Å². The van der Waals surface area contributed by atoms with E-state index in [-0.39, 0.29) is 0 Å². The minimum Gasteiger partial charge on any atom is -0.313 e. The van der Waals surface area contributed by atoms with Crippen LogP contribution in [0, 0.1) is 58.2 Å². The van der Waals surface area contributed by atoms with Gasteiger partial charge in [-0.2, -0.15) is 0 Å². The smallest absolute Gasteiger partial charge is 0.00443 e. The highest BCUT2D eigenvalue weighted by Crippen LogP contribution is 2.55. The standard InChI is InChI=1S/C60H103N/c1-11-23-56(37-33-50(6)32-36-54-30-17-14-18-31-54)53(9)44-52(8)45-55(12-2)57-38-41-59(46-57)60(10,58-39-34-51(7)35-40-58)42-21-28-48(4)25-16-13-15-24-47(3)26-19-20-27-49(5)29-22-43-61/h20,24,28,33,37,43,51-55,57-59,61H,11-19,21-23,25-26,29-32,34-36,38-42,44-46H2,1-10H3. The summed E-state index contributed by atoms with van der Waals surface area (Å²) in [6, 6.07) is 0. The minimum atomic E-state index is 0.499. The maximum atomic E-state index is 7.21. The van der Waals surface area contributed by atoms with Crippen LogP contribution in [0.2, 0.25) is 0 Å². The SMILES string of the molecule is CCCC(=CC=C(C)CCC1CCCCC1)C(C)CC(C)CC(CC)C1CCC(C(C)(CCC=C(C)CCCCC=C(C)CCC=C=C(C)CCC=N)C2CCC(C)CC2)C1. The maximum absolute atomic E-state index is 7.21. The molecule has 6 unspecified atom stereocenters. The minimum absolute atomic E-state index is 0.499. The second-order valence-corrected chi connectivity index (χ2v) is 22.2. The molecule has 1 nitrogen and oxygen atoms in total. The summed E-state index contributed by atoms with van der Waals surface area (Å²) in [5.41, 5.74) is 11.6. The highest BCUT2D eigenvalue weighted by Gasteiger charge is 2.45. The third kappa shape index (κ3) is 20.7. The van der Waals surface area contributed by atoms with Crippen LogP contribution in [0.25, 0.3) is 0 Å². The molecule has 3 rings (SSSR count). The molecule has 3 fully saturated rings. The van der Waals surface area contributed by atoms with Gasteiger partial charge < -0.3 is 5.41 Å². The Balaban J connectivity index is 1.51. The lowest BCUT2D eigenvalue weighted by Gasteiger charge is -2.46. The van der Waals surface area contributed by atoms with E-state index in [0.717, 1.165) is 67.1 Å². The quantitative estimate of drug-likeness (QED) is 0.0255. The van der Waals surface area contributed by atoms with Gasteiger partial charge in [0, 0.05) is 0 Å². The predicted molar refractivity (Wildman–Crippen MR) is 274 cm³/mol. The Kier molecular flexibility index (Phi) is 26.6. The van der Waals surface area contributed by atoms with Crippen LogP contribution in [0.15, 0.2) is 64.0 Å². The monoisotopic (exact) mass is 838 g/mol. The predicted octanol–water partition coefficient (Wildman–Crippen LogP) is 19.9. The molecule has 0 aromatic rings. The summed E-state index contributed by atoms with van der Waals surface area (Å²) < 4.78 is 0. The van der Waals surface area contributed by atoms with Crippen LogP contribution in [0.1, 0.15) is 255 Å². The third-order valence-electron chi connectivity index (χ3n) is 16.8. The van der Waals surface area contributed by atoms with E-state index in [2.05, 4.69) is 105 Å². The zero-order valence-corrected chi connectivity index (χ0v) is 42.6. The van der Waals surface area contributed by atoms with Gasteiger partial charge in [-0.1, -0.05) is 146 Å². The van der Waals surface area contributed by atoms with Crippen molar-refractivity contribution in [3.8, 4) is 0 Å². The number of rotatable bonds is 29. The van der Waals surface area contributed by atoms with Crippen molar-refractivity contribution in [3.63, 3.8) is 0 Å². The van der Waals surface area contributed by atoms with Crippen molar-refractivity contribution < 1.29 is 0 Å². The first kappa shape index (κ1) is 53.5. The van der Waals surface area contributed by atoms with Gasteiger partial charge in [0.15, 0.2) is 0 Å². The highest BCUT2D eigenvalue weighted by molar-refractivity contribution is 5.53. The first-order valence-corrected chi connectivity index (χ1v) is 26.9. The van der Waals surface area contributed by atoms with E-state index >= 15 is 0 Å². The number of allylic oxidation sites excluding steroid dienone is 9. The van der Waals surface area contributed by atoms with Gasteiger partial charge in [0.2, 0.25) is 0 Å². The number of hydrogen-bond acceptors (Lipinski definition) is 1. The summed E-state index contributed by atoms with van der Waals surface area (Å²) in [4.78, 5) is 0. The fraction of sp³-hybridized carbons (Fsp3) is 0.800. The van der Waals surface area contributed by atoms with Gasteiger partial charge in [-0.15, -0.1) is 5.73 Å². The summed E-state index contributed by atoms with van der Waals surface area (Å²) >= 11 is 0. The summed E-state index contributed by atoms with van der Waals surface area (Å²) in [5.74, 6) is 7.09. The van der Waals surface area contributed by atoms with Crippen molar-refractivity contribution in [3.05, 3.63) is 64.0 Å². The molecule has 3 aliphatic rings. The molecule has 6 atom stereocenters. The molecule has 0 saturated heterocycles. The van der Waals surface area contributed by atoms with Crippen LogP contribution in [-0.4, -0.2) is 6.21 Å². The molecule has 0 aromatic carbocycles. The molecular formula is C60H103N. The van der Waals surface area contributed by atoms with E-state index < -0.39 is 0 Å². The van der Waals surface area contributed by atoms with Gasteiger partial charge in [0.25, 0.3) is 0 Å². The van der Waals surface area contributed by atoms with Crippen LogP contribution >= 0.6 is 0 Å². The molecule has 0 bridgehead atoms. The Morgan fingerprint density at radius 3 is 2.11 bits per heavy atom. The Morgan fingerprint density at radius 2 is 1.41 bits per heavy atom. The molecule has 1 N–H and O–H groups in total. The summed E-state index contributed by atoms with van der Waals surface area (Å²) in [6.45, 7) is 24.6. The molecule has 0 spiro atoms. The van der Waals surface area contributed by atoms with Gasteiger partial charge in [-0.25, -0.2) is 0 Å². The van der Waals surface area contributed by atoms with Crippen LogP contribution < -0.4 is 0 Å². The fourth-order valence-electron chi connectivity index (χ4n) is 12.4. The molecule has 61 heavy (non-hydrogen) atoms. The third-order valence-corrected chi connectivity index (χ3v) is 16.8. The first-order valence-electron chi connectivity index (χ1n) is 26.9. The highest BCUT2D eigenvalue weighted by atomic mass is 14.5. The van der Waals surface area contributed by atoms with Crippen molar-refractivity contribution in [1.29, 1.82) is 5.41 Å². The molecule has 3 aliphatic carbocycles. The molecule has 0 aromatic heterocycles. The summed E-state index contributed by atoms with van der Waals surface area (Å²) in [5, 5.41) is 7.21. The van der Waals surface area contributed by atoms with Crippen molar-refractivity contribution in [2.75, 3.05) is 0 Å². The second kappa shape index (κ2) is 30.3. The molecule has 3 saturated carbocycles. The summed E-state index contributed by atoms with van der Waals surface area (Å²) in [7, 11) is 0. The van der Waals surface area contributed by atoms with Gasteiger partial charge in [-0.3, -0.25) is 0 Å². The molecule has 0 aliphatic heterocycles. The van der Waals surface area contributed by atoms with Crippen LogP contribution in [0.4, 0.5) is 0 Å². The zero-order valence-electron chi connectivity index (χ0n) is 42.6. The van der Waals surface area contributed by atoms with E-state index in [1.165, 1.54) is 178 Å². The van der Waals surface area contributed by atoms with Gasteiger partial charge >= 0.3 is 0 Å². The average molecular weight is 838 g/mol. The normalized spacial score (nSPS) is 24.8. The molecule has 0 heterocycles. The number of nitrogens with one attached hydrogen (secondary N) is 1. The Hall–Kier alpha value is -1.85. The molecule has 0 amide bonds. The van der Waals surface area contributed by atoms with E-state index in [0.29, 0.717) is 11.3 Å². The van der Waals surface area contributed by atoms with Crippen LogP contribution in [0.5, 0.6) is 0 Å². The van der Waals surface area contributed by atoms with Crippen molar-refractivity contribution in [2.24, 2.45) is 52.8 Å². The van der Waals surface area contributed by atoms with E-state index in [9.17, 15) is 0 Å². The van der Waals surface area contributed by atoms with E-state index in [1.54, 1.807) is 16.7 Å². The second-order valence-electron chi connectivity index (χ2n) is 22.2. The topological polar surface area (TPSA) is 23.9 Å². The molecule has 0 radical (unpaired) electrons. The number of unbranched alkanes of at least 4 members (excludes halogenated alkanes) is 2. The lowest BCUT2D eigenvalue weighted by Crippen LogP contribution is -2.37. The van der Waals surface area contributed by atoms with Crippen molar-refractivity contribution in [1.82, 2.24) is 0 Å². The number of hydrogen-bond donors (Lipinski definition) is 1. The molecular weight excluding hydrogens is 735 g/mol. The first-order chi connectivity index (χ1) is 29.4. The van der Waals surface area contributed by atoms with Gasteiger partial charge in [0.05, 0.1) is 0 Å². The Morgan fingerprint density at radius 1 is 0.705 bits per heavy atom. The van der Waals surface area contributed by atoms with Gasteiger partial charge in [-0.05, 0) is 227 Å². The lowest BCUT2D eigenvalue weighted by atomic mass is 9.59. The molecule has 1 heteroatoms. The maximum Gasteiger partial charge on any atom is -0.00443 e. The fourth-order valence-corrected chi connectivity index (χ4v) is 12.4. The summed E-state index contributed by atoms with van der Waals surface area (Å²) in [6.07, 6.45) is 52.7. The molecule has 348 valence electrons. The Labute approximate surface area is 382 Å². The average Bonchev–Trinajstić information content (AvgIpc) is 3.76. The largest absolute Gasteiger partial charge is 0.313 e. The van der Waals surface area contributed by atoms with Crippen molar-refractivity contribution in [2.45, 2.75) is 255 Å². The lowest BCUT2D eigenvalue weighted by molar-refractivity contribution is 0.0428. The Bertz CT molecular complexity index is 1400. The van der Waals surface area contributed by atoms with E-state index in [1.807, 2.05) is 0 Å². The van der Waals surface area contributed by atoms with Crippen molar-refractivity contribution >= 4 is 6.21 Å². The zero-order chi connectivity index (χ0) is 44.5. The van der Waals surface area contributed by atoms with Crippen LogP contribution in [0.3, 0.4) is 0 Å². The van der Waals surface area contributed by atoms with Gasteiger partial charge in [0.1, 0.15) is 0 Å².